The number of benzene rings is 3. The zero-order valence-corrected chi connectivity index (χ0v) is 37.1. The third-order valence-electron chi connectivity index (χ3n) is 10.5. The Morgan fingerprint density at radius 3 is 2.17 bits per heavy atom. The Labute approximate surface area is 372 Å². The highest BCUT2D eigenvalue weighted by atomic mass is 16.5. The molecule has 0 saturated carbocycles. The average molecular weight is 882 g/mol. The first-order chi connectivity index (χ1) is 30.3. The van der Waals surface area contributed by atoms with Gasteiger partial charge in [0, 0.05) is 30.2 Å². The number of phenolic OH excluding ortho intramolecular Hbond substituents is 1. The molecule has 0 radical (unpaired) electrons. The Morgan fingerprint density at radius 2 is 1.56 bits per heavy atom. The summed E-state index contributed by atoms with van der Waals surface area (Å²) in [7, 11) is 1.33. The fourth-order valence-electron chi connectivity index (χ4n) is 7.22. The Bertz CT molecular complexity index is 2340. The molecule has 2 heterocycles. The van der Waals surface area contributed by atoms with Crippen molar-refractivity contribution in [1.29, 1.82) is 0 Å². The Balaban J connectivity index is 1.52. The molecule has 18 nitrogen and oxygen atoms in total. The van der Waals surface area contributed by atoms with Gasteiger partial charge in [-0.1, -0.05) is 51.1 Å². The topological polar surface area (TPSA) is 287 Å². The van der Waals surface area contributed by atoms with Crippen LogP contribution in [0.4, 0.5) is 5.82 Å². The number of phenols is 1. The summed E-state index contributed by atoms with van der Waals surface area (Å²) in [4.78, 5) is 77.9. The molecule has 4 amide bonds. The maximum atomic E-state index is 14.4. The van der Waals surface area contributed by atoms with E-state index in [1.165, 1.54) is 26.1 Å². The third kappa shape index (κ3) is 12.0. The molecule has 3 atom stereocenters. The molecule has 1 aliphatic rings. The number of fused-ring (bicyclic) bond motifs is 5. The Morgan fingerprint density at radius 1 is 0.906 bits per heavy atom. The molecule has 1 aliphatic heterocycles. The van der Waals surface area contributed by atoms with Crippen molar-refractivity contribution in [3.05, 3.63) is 82.5 Å². The summed E-state index contributed by atoms with van der Waals surface area (Å²) in [5.74, 6) is -4.30. The molecular formula is C46H59N9O9. The van der Waals surface area contributed by atoms with E-state index in [0.29, 0.717) is 47.7 Å². The number of likely N-dealkylation sites (N-methyl/N-ethyl adjacent to an activating group) is 1. The van der Waals surface area contributed by atoms with Crippen molar-refractivity contribution in [3.8, 4) is 39.8 Å². The van der Waals surface area contributed by atoms with E-state index in [9.17, 15) is 34.2 Å². The lowest BCUT2D eigenvalue weighted by atomic mass is 9.88. The zero-order valence-electron chi connectivity index (χ0n) is 37.1. The molecule has 64 heavy (non-hydrogen) atoms. The number of nitrogen functional groups attached to an aromatic ring is 1. The number of aromatic nitrogens is 2. The highest BCUT2D eigenvalue weighted by Crippen LogP contribution is 2.44. The standard InChI is InChI=1S/C46H59N9O9/c1-25-37(40(49)54-41(51-25)29-12-9-27(10-13-29)23-46(3,4)5)43(59)50-24-36(56)55(6)38-30-21-32(39(57)35(22-30)64-18-8-16-48)31-19-28(11-14-34(31)63-17-7-15-47)20-33(45(61)62)53-42(58)26(2)52-44(38)60/h9-14,19,21-22,26,33,38,57H,7-8,15-18,20,23-24,47-48H2,1-6H3,(H,50,59)(H,52,60)(H,53,58)(H,61,62)(H2,49,51,54)/t26-,33-,38-/m0/s1. The Hall–Kier alpha value is -6.79. The first-order valence-corrected chi connectivity index (χ1v) is 21.1. The van der Waals surface area contributed by atoms with Crippen LogP contribution in [0.5, 0.6) is 17.2 Å². The maximum Gasteiger partial charge on any atom is 0.326 e. The summed E-state index contributed by atoms with van der Waals surface area (Å²) in [6.45, 7) is 9.73. The second-order valence-electron chi connectivity index (χ2n) is 17.0. The Kier molecular flexibility index (Phi) is 15.9. The van der Waals surface area contributed by atoms with Crippen molar-refractivity contribution in [2.75, 3.05) is 45.6 Å². The maximum absolute atomic E-state index is 14.4. The number of nitrogens with two attached hydrogens (primary N) is 3. The normalized spacial score (nSPS) is 16.5. The number of hydrogen-bond donors (Lipinski definition) is 8. The van der Waals surface area contributed by atoms with Crippen molar-refractivity contribution in [2.24, 2.45) is 16.9 Å². The minimum atomic E-state index is -1.51. The summed E-state index contributed by atoms with van der Waals surface area (Å²) in [5.41, 5.74) is 21.0. The quantitative estimate of drug-likeness (QED) is 0.0797. The molecule has 0 fully saturated rings. The first-order valence-electron chi connectivity index (χ1n) is 21.1. The molecule has 5 rings (SSSR count). The number of hydrogen-bond acceptors (Lipinski definition) is 13. The molecule has 0 aliphatic carbocycles. The van der Waals surface area contributed by atoms with Gasteiger partial charge >= 0.3 is 5.97 Å². The molecule has 342 valence electrons. The van der Waals surface area contributed by atoms with Crippen LogP contribution in [0.3, 0.4) is 0 Å². The molecular weight excluding hydrogens is 823 g/mol. The van der Waals surface area contributed by atoms with Gasteiger partial charge < -0.3 is 57.7 Å². The van der Waals surface area contributed by atoms with E-state index in [-0.39, 0.29) is 71.3 Å². The number of carboxylic acids is 1. The van der Waals surface area contributed by atoms with Crippen LogP contribution in [0.15, 0.2) is 54.6 Å². The number of nitrogens with one attached hydrogen (secondary N) is 3. The zero-order chi connectivity index (χ0) is 46.9. The van der Waals surface area contributed by atoms with Gasteiger partial charge in [-0.25, -0.2) is 14.8 Å². The summed E-state index contributed by atoms with van der Waals surface area (Å²) >= 11 is 0. The lowest BCUT2D eigenvalue weighted by molar-refractivity contribution is -0.142. The van der Waals surface area contributed by atoms with E-state index in [1.54, 1.807) is 25.1 Å². The number of anilines is 1. The number of carbonyl (C=O) groups is 5. The van der Waals surface area contributed by atoms with Crippen LogP contribution in [0.25, 0.3) is 22.5 Å². The number of aliphatic carboxylic acids is 1. The van der Waals surface area contributed by atoms with E-state index >= 15 is 0 Å². The van der Waals surface area contributed by atoms with E-state index in [1.807, 2.05) is 24.3 Å². The summed E-state index contributed by atoms with van der Waals surface area (Å²) < 4.78 is 12.1. The predicted molar refractivity (Wildman–Crippen MR) is 240 cm³/mol. The van der Waals surface area contributed by atoms with Crippen LogP contribution < -0.4 is 42.6 Å². The molecule has 0 saturated heterocycles. The molecule has 11 N–H and O–H groups in total. The molecule has 3 aromatic carbocycles. The highest BCUT2D eigenvalue weighted by Gasteiger charge is 2.34. The van der Waals surface area contributed by atoms with Gasteiger partial charge in [-0.3, -0.25) is 19.2 Å². The van der Waals surface area contributed by atoms with Crippen LogP contribution in [0, 0.1) is 12.3 Å². The third-order valence-corrected chi connectivity index (χ3v) is 10.5. The number of aryl methyl sites for hydroxylation is 1. The van der Waals surface area contributed by atoms with Gasteiger partial charge in [0.2, 0.25) is 17.7 Å². The fraction of sp³-hybridized carbons (Fsp3) is 0.413. The minimum absolute atomic E-state index is 0.0343. The largest absolute Gasteiger partial charge is 0.504 e. The second-order valence-corrected chi connectivity index (χ2v) is 17.0. The minimum Gasteiger partial charge on any atom is -0.504 e. The van der Waals surface area contributed by atoms with Gasteiger partial charge in [0.15, 0.2) is 17.3 Å². The van der Waals surface area contributed by atoms with Gasteiger partial charge in [-0.2, -0.15) is 0 Å². The van der Waals surface area contributed by atoms with Crippen molar-refractivity contribution in [1.82, 2.24) is 30.8 Å². The van der Waals surface area contributed by atoms with Gasteiger partial charge in [0.25, 0.3) is 5.91 Å². The molecule has 1 aromatic heterocycles. The first kappa shape index (κ1) is 48.2. The van der Waals surface area contributed by atoms with Crippen molar-refractivity contribution in [2.45, 2.75) is 78.4 Å². The van der Waals surface area contributed by atoms with Crippen molar-refractivity contribution in [3.63, 3.8) is 0 Å². The number of aromatic hydroxyl groups is 1. The van der Waals surface area contributed by atoms with E-state index in [4.69, 9.17) is 26.7 Å². The number of ether oxygens (including phenoxy) is 2. The number of nitrogens with zero attached hydrogens (tertiary/aromatic N) is 3. The van der Waals surface area contributed by atoms with E-state index in [0.717, 1.165) is 16.9 Å². The number of amides is 4. The molecule has 0 spiro atoms. The summed E-state index contributed by atoms with van der Waals surface area (Å²) in [6.07, 6.45) is 1.63. The van der Waals surface area contributed by atoms with Crippen LogP contribution >= 0.6 is 0 Å². The van der Waals surface area contributed by atoms with Crippen LogP contribution in [0.2, 0.25) is 0 Å². The van der Waals surface area contributed by atoms with Crippen LogP contribution in [-0.2, 0) is 32.0 Å². The average Bonchev–Trinajstić information content (AvgIpc) is 3.23. The van der Waals surface area contributed by atoms with Gasteiger partial charge in [0.05, 0.1) is 25.5 Å². The molecule has 18 heteroatoms. The number of carbonyl (C=O) groups excluding carboxylic acids is 4. The molecule has 4 bridgehead atoms. The lowest BCUT2D eigenvalue weighted by Gasteiger charge is -2.30. The molecule has 4 aromatic rings. The summed E-state index contributed by atoms with van der Waals surface area (Å²) in [6, 6.07) is 11.3. The van der Waals surface area contributed by atoms with Crippen molar-refractivity contribution >= 4 is 35.4 Å². The smallest absolute Gasteiger partial charge is 0.326 e. The second kappa shape index (κ2) is 21.1. The summed E-state index contributed by atoms with van der Waals surface area (Å²) in [5, 5.41) is 29.5. The van der Waals surface area contributed by atoms with Crippen LogP contribution in [0.1, 0.15) is 79.3 Å². The highest BCUT2D eigenvalue weighted by molar-refractivity contribution is 6.01. The van der Waals surface area contributed by atoms with Crippen molar-refractivity contribution < 1.29 is 43.7 Å². The van der Waals surface area contributed by atoms with Gasteiger partial charge in [0.1, 0.15) is 35.3 Å². The van der Waals surface area contributed by atoms with Gasteiger partial charge in [-0.15, -0.1) is 0 Å². The molecule has 0 unspecified atom stereocenters. The van der Waals surface area contributed by atoms with E-state index < -0.39 is 54.3 Å². The SMILES string of the molecule is Cc1nc(-c2ccc(CC(C)(C)C)cc2)nc(N)c1C(=O)NCC(=O)N(C)[C@@H]1C(=O)N[C@@H](C)C(=O)N[C@H](C(=O)O)Cc2ccc(OCCCN)c(c2)-c2cc1cc(OCCCN)c2O. The number of carboxylic acid groups (broad SMARTS) is 1. The van der Waals surface area contributed by atoms with Gasteiger partial charge in [-0.05, 0) is 92.6 Å². The van der Waals surface area contributed by atoms with E-state index in [2.05, 4.69) is 46.7 Å². The number of rotatable bonds is 15. The van der Waals surface area contributed by atoms with Crippen LogP contribution in [-0.4, -0.2) is 107 Å². The monoisotopic (exact) mass is 881 g/mol. The lowest BCUT2D eigenvalue weighted by Crippen LogP contribution is -2.53. The predicted octanol–water partition coefficient (Wildman–Crippen LogP) is 3.01. The fourth-order valence-corrected chi connectivity index (χ4v) is 7.22.